The molecule has 1 unspecified atom stereocenters. The Kier molecular flexibility index (Phi) is 4.54. The second-order valence-corrected chi connectivity index (χ2v) is 8.13. The van der Waals surface area contributed by atoms with Crippen molar-refractivity contribution >= 4 is 34.5 Å². The highest BCUT2D eigenvalue weighted by Gasteiger charge is 2.39. The average Bonchev–Trinajstić information content (AvgIpc) is 3.25. The molecule has 5 nitrogen and oxygen atoms in total. The molecule has 4 rings (SSSR count). The fraction of sp³-hybridized carbons (Fsp3) is 0.400. The van der Waals surface area contributed by atoms with Crippen LogP contribution in [0.5, 0.6) is 0 Å². The Labute approximate surface area is 158 Å². The minimum Gasteiger partial charge on any atom is -0.383 e. The topological polar surface area (TPSA) is 61.9 Å². The summed E-state index contributed by atoms with van der Waals surface area (Å²) in [5.74, 6) is 0.605. The van der Waals surface area contributed by atoms with E-state index >= 15 is 0 Å². The number of nitrogens with two attached hydrogens (primary N) is 1. The number of rotatable bonds is 3. The van der Waals surface area contributed by atoms with Gasteiger partial charge in [-0.2, -0.15) is 0 Å². The predicted molar refractivity (Wildman–Crippen MR) is 108 cm³/mol. The van der Waals surface area contributed by atoms with Crippen molar-refractivity contribution in [2.24, 2.45) is 10.7 Å². The number of hydrogen-bond acceptors (Lipinski definition) is 4. The van der Waals surface area contributed by atoms with Gasteiger partial charge in [0.1, 0.15) is 5.84 Å². The van der Waals surface area contributed by atoms with E-state index in [1.807, 2.05) is 47.5 Å². The fourth-order valence-corrected chi connectivity index (χ4v) is 4.51. The van der Waals surface area contributed by atoms with Crippen LogP contribution in [0.1, 0.15) is 36.1 Å². The summed E-state index contributed by atoms with van der Waals surface area (Å²) in [6.07, 6.45) is 2.05. The molecular weight excluding hydrogens is 344 g/mol. The zero-order valence-corrected chi connectivity index (χ0v) is 16.0. The van der Waals surface area contributed by atoms with Crippen LogP contribution >= 0.6 is 11.3 Å². The maximum Gasteiger partial charge on any atom is 0.234 e. The van der Waals surface area contributed by atoms with E-state index in [9.17, 15) is 4.79 Å². The number of anilines is 1. The Morgan fingerprint density at radius 1 is 1.27 bits per heavy atom. The number of carbonyl (C=O) groups excluding carboxylic acids is 1. The average molecular weight is 369 g/mol. The van der Waals surface area contributed by atoms with Gasteiger partial charge in [-0.1, -0.05) is 6.07 Å². The Morgan fingerprint density at radius 3 is 2.73 bits per heavy atom. The maximum atomic E-state index is 12.9. The van der Waals surface area contributed by atoms with Crippen molar-refractivity contribution < 1.29 is 4.79 Å². The van der Waals surface area contributed by atoms with Crippen LogP contribution in [0, 0.1) is 0 Å². The van der Waals surface area contributed by atoms with E-state index in [4.69, 9.17) is 5.73 Å². The molecule has 1 atom stereocenters. The van der Waals surface area contributed by atoms with Crippen molar-refractivity contribution in [2.45, 2.75) is 31.7 Å². The summed E-state index contributed by atoms with van der Waals surface area (Å²) >= 11 is 1.57. The number of fused-ring (bicyclic) bond motifs is 1. The summed E-state index contributed by atoms with van der Waals surface area (Å²) in [4.78, 5) is 22.8. The van der Waals surface area contributed by atoms with Gasteiger partial charge < -0.3 is 15.5 Å². The molecule has 2 aliphatic heterocycles. The van der Waals surface area contributed by atoms with E-state index in [2.05, 4.69) is 16.9 Å². The molecule has 6 heteroatoms. The third-order valence-electron chi connectivity index (χ3n) is 5.42. The molecule has 1 aromatic carbocycles. The number of amides is 1. The summed E-state index contributed by atoms with van der Waals surface area (Å²) < 4.78 is 0. The van der Waals surface area contributed by atoms with Crippen molar-refractivity contribution in [2.75, 3.05) is 25.0 Å². The zero-order valence-electron chi connectivity index (χ0n) is 15.2. The molecule has 0 saturated carbocycles. The molecule has 0 radical (unpaired) electrons. The molecule has 1 saturated heterocycles. The van der Waals surface area contributed by atoms with Crippen molar-refractivity contribution in [3.8, 4) is 0 Å². The number of carbonyl (C=O) groups is 1. The van der Waals surface area contributed by atoms with E-state index in [1.54, 1.807) is 11.3 Å². The number of hydrogen-bond donors (Lipinski definition) is 1. The van der Waals surface area contributed by atoms with Crippen LogP contribution < -0.4 is 10.6 Å². The van der Waals surface area contributed by atoms with Gasteiger partial charge in [-0.15, -0.1) is 11.3 Å². The van der Waals surface area contributed by atoms with Crippen LogP contribution in [-0.2, 0) is 4.79 Å². The van der Waals surface area contributed by atoms with Crippen LogP contribution in [0.3, 0.4) is 0 Å². The van der Waals surface area contributed by atoms with E-state index < -0.39 is 0 Å². The quantitative estimate of drug-likeness (QED) is 0.668. The van der Waals surface area contributed by atoms with Crippen molar-refractivity contribution in [3.05, 3.63) is 46.2 Å². The van der Waals surface area contributed by atoms with Gasteiger partial charge in [-0.05, 0) is 75.1 Å². The monoisotopic (exact) mass is 368 g/mol. The molecule has 1 fully saturated rings. The normalized spacial score (nSPS) is 22.1. The number of benzene rings is 1. The Bertz CT molecular complexity index is 838. The van der Waals surface area contributed by atoms with Crippen molar-refractivity contribution in [3.63, 3.8) is 0 Å². The van der Waals surface area contributed by atoms with E-state index in [0.717, 1.165) is 47.7 Å². The lowest BCUT2D eigenvalue weighted by atomic mass is 10.0. The Hall–Kier alpha value is -2.18. The summed E-state index contributed by atoms with van der Waals surface area (Å²) in [6.45, 7) is 4.07. The number of aliphatic imine (C=N–C) groups is 1. The van der Waals surface area contributed by atoms with Crippen LogP contribution in [-0.4, -0.2) is 42.8 Å². The zero-order chi connectivity index (χ0) is 18.3. The highest BCUT2D eigenvalue weighted by molar-refractivity contribution is 7.12. The standard InChI is InChI=1S/C20H24N4OS/c1-13-16-12-14(22-19(21)18-4-3-11-26-18)5-6-17(16)24(20(13)25)15-7-9-23(2)10-8-15/h3-6,11-13,15H,7-10H2,1-2H3,(H2,21,22). The van der Waals surface area contributed by atoms with Crippen LogP contribution in [0.25, 0.3) is 0 Å². The lowest BCUT2D eigenvalue weighted by Gasteiger charge is -2.35. The largest absolute Gasteiger partial charge is 0.383 e. The number of nitrogens with zero attached hydrogens (tertiary/aromatic N) is 3. The lowest BCUT2D eigenvalue weighted by molar-refractivity contribution is -0.119. The molecule has 2 N–H and O–H groups in total. The second kappa shape index (κ2) is 6.85. The van der Waals surface area contributed by atoms with Crippen LogP contribution in [0.15, 0.2) is 40.7 Å². The molecular formula is C20H24N4OS. The Morgan fingerprint density at radius 2 is 2.04 bits per heavy atom. The second-order valence-electron chi connectivity index (χ2n) is 7.18. The number of piperidine rings is 1. The molecule has 3 heterocycles. The minimum atomic E-state index is -0.122. The maximum absolute atomic E-state index is 12.9. The third kappa shape index (κ3) is 3.04. The lowest BCUT2D eigenvalue weighted by Crippen LogP contribution is -2.45. The first-order valence-electron chi connectivity index (χ1n) is 9.08. The Balaban J connectivity index is 1.64. The number of thiophene rings is 1. The van der Waals surface area contributed by atoms with Gasteiger partial charge in [0.2, 0.25) is 5.91 Å². The van der Waals surface area contributed by atoms with Crippen LogP contribution in [0.2, 0.25) is 0 Å². The molecule has 2 aliphatic rings. The molecule has 1 aromatic heterocycles. The van der Waals surface area contributed by atoms with Gasteiger partial charge in [-0.3, -0.25) is 4.79 Å². The molecule has 0 bridgehead atoms. The minimum absolute atomic E-state index is 0.122. The molecule has 2 aromatic rings. The molecule has 0 spiro atoms. The molecule has 0 aliphatic carbocycles. The fourth-order valence-electron chi connectivity index (χ4n) is 3.89. The first-order chi connectivity index (χ1) is 12.5. The first kappa shape index (κ1) is 17.2. The first-order valence-corrected chi connectivity index (χ1v) is 9.96. The van der Waals surface area contributed by atoms with Crippen LogP contribution in [0.4, 0.5) is 11.4 Å². The van der Waals surface area contributed by atoms with Gasteiger partial charge >= 0.3 is 0 Å². The molecule has 26 heavy (non-hydrogen) atoms. The van der Waals surface area contributed by atoms with E-state index in [0.29, 0.717) is 11.9 Å². The number of likely N-dealkylation sites (tertiary alicyclic amines) is 1. The van der Waals surface area contributed by atoms with E-state index in [-0.39, 0.29) is 11.8 Å². The van der Waals surface area contributed by atoms with Gasteiger partial charge in [0.15, 0.2) is 0 Å². The van der Waals surface area contributed by atoms with Gasteiger partial charge in [0.05, 0.1) is 16.5 Å². The molecule has 136 valence electrons. The summed E-state index contributed by atoms with van der Waals surface area (Å²) in [6, 6.07) is 10.2. The molecule has 1 amide bonds. The smallest absolute Gasteiger partial charge is 0.234 e. The van der Waals surface area contributed by atoms with Crippen molar-refractivity contribution in [1.82, 2.24) is 4.90 Å². The van der Waals surface area contributed by atoms with Gasteiger partial charge in [0.25, 0.3) is 0 Å². The highest BCUT2D eigenvalue weighted by Crippen LogP contribution is 2.41. The third-order valence-corrected chi connectivity index (χ3v) is 6.31. The van der Waals surface area contributed by atoms with Gasteiger partial charge in [0, 0.05) is 11.7 Å². The summed E-state index contributed by atoms with van der Waals surface area (Å²) in [7, 11) is 2.14. The summed E-state index contributed by atoms with van der Waals surface area (Å²) in [5.41, 5.74) is 9.03. The van der Waals surface area contributed by atoms with E-state index in [1.165, 1.54) is 0 Å². The predicted octanol–water partition coefficient (Wildman–Crippen LogP) is 3.33. The SMILES string of the molecule is CC1C(=O)N(C2CCN(C)CC2)c2ccc(N=C(N)c3cccs3)cc21. The highest BCUT2D eigenvalue weighted by atomic mass is 32.1. The summed E-state index contributed by atoms with van der Waals surface area (Å²) in [5, 5.41) is 1.99. The van der Waals surface area contributed by atoms with Gasteiger partial charge in [-0.25, -0.2) is 4.99 Å². The van der Waals surface area contributed by atoms with Crippen molar-refractivity contribution in [1.29, 1.82) is 0 Å². The number of amidine groups is 1.